The molecule has 0 heterocycles. The minimum atomic E-state index is -3.85. The number of ether oxygens (including phenoxy) is 1. The molecule has 6 nitrogen and oxygen atoms in total. The normalized spacial score (nSPS) is 11.0. The zero-order valence-corrected chi connectivity index (χ0v) is 17.2. The fourth-order valence-electron chi connectivity index (χ4n) is 2.98. The van der Waals surface area contributed by atoms with Crippen LogP contribution in [0.2, 0.25) is 0 Å². The molecule has 0 aliphatic heterocycles. The number of aryl methyl sites for hydroxylation is 2. The first-order valence-corrected chi connectivity index (χ1v) is 10.4. The van der Waals surface area contributed by atoms with E-state index in [4.69, 9.17) is 4.74 Å². The van der Waals surface area contributed by atoms with Crippen LogP contribution in [0.15, 0.2) is 71.6 Å². The first kappa shape index (κ1) is 20.4. The van der Waals surface area contributed by atoms with Crippen molar-refractivity contribution < 1.29 is 17.9 Å². The van der Waals surface area contributed by atoms with Gasteiger partial charge in [-0.25, -0.2) is 8.42 Å². The highest BCUT2D eigenvalue weighted by atomic mass is 32.2. The number of amides is 1. The van der Waals surface area contributed by atoms with E-state index in [1.165, 1.54) is 25.3 Å². The monoisotopic (exact) mass is 410 g/mol. The van der Waals surface area contributed by atoms with Gasteiger partial charge in [0.05, 0.1) is 17.7 Å². The van der Waals surface area contributed by atoms with Gasteiger partial charge in [0.15, 0.2) is 0 Å². The van der Waals surface area contributed by atoms with Crippen molar-refractivity contribution in [2.24, 2.45) is 0 Å². The molecule has 0 saturated heterocycles. The molecule has 150 valence electrons. The molecule has 29 heavy (non-hydrogen) atoms. The molecule has 3 rings (SSSR count). The summed E-state index contributed by atoms with van der Waals surface area (Å²) in [6.07, 6.45) is 0. The number of anilines is 2. The summed E-state index contributed by atoms with van der Waals surface area (Å²) in [5, 5.41) is 2.72. The van der Waals surface area contributed by atoms with Crippen molar-refractivity contribution in [3.63, 3.8) is 0 Å². The zero-order chi connectivity index (χ0) is 21.0. The molecular weight excluding hydrogens is 388 g/mol. The van der Waals surface area contributed by atoms with E-state index >= 15 is 0 Å². The lowest BCUT2D eigenvalue weighted by molar-refractivity contribution is 0.102. The number of carbonyl (C=O) groups is 1. The van der Waals surface area contributed by atoms with Gasteiger partial charge in [-0.2, -0.15) is 0 Å². The third-order valence-electron chi connectivity index (χ3n) is 4.24. The second kappa shape index (κ2) is 8.36. The Morgan fingerprint density at radius 2 is 1.55 bits per heavy atom. The topological polar surface area (TPSA) is 84.5 Å². The highest BCUT2D eigenvalue weighted by Gasteiger charge is 2.18. The van der Waals surface area contributed by atoms with Crippen molar-refractivity contribution in [2.45, 2.75) is 18.7 Å². The molecular formula is C22H22N2O4S. The summed E-state index contributed by atoms with van der Waals surface area (Å²) in [5.41, 5.74) is 3.11. The number of nitrogens with one attached hydrogen (secondary N) is 2. The number of hydrogen-bond donors (Lipinski definition) is 2. The zero-order valence-electron chi connectivity index (χ0n) is 16.4. The Kier molecular flexibility index (Phi) is 5.89. The summed E-state index contributed by atoms with van der Waals surface area (Å²) in [4.78, 5) is 12.5. The van der Waals surface area contributed by atoms with Crippen LogP contribution < -0.4 is 14.8 Å². The quantitative estimate of drug-likeness (QED) is 0.632. The van der Waals surface area contributed by atoms with Crippen LogP contribution in [0.25, 0.3) is 0 Å². The number of carbonyl (C=O) groups excluding carboxylic acids is 1. The Bertz CT molecular complexity index is 1120. The van der Waals surface area contributed by atoms with Gasteiger partial charge < -0.3 is 10.1 Å². The molecule has 0 saturated carbocycles. The van der Waals surface area contributed by atoms with Gasteiger partial charge in [0, 0.05) is 11.3 Å². The highest BCUT2D eigenvalue weighted by molar-refractivity contribution is 7.92. The minimum absolute atomic E-state index is 0.0146. The van der Waals surface area contributed by atoms with Crippen LogP contribution in [0.3, 0.4) is 0 Å². The maximum Gasteiger partial charge on any atom is 0.261 e. The van der Waals surface area contributed by atoms with Crippen molar-refractivity contribution in [2.75, 3.05) is 17.1 Å². The first-order chi connectivity index (χ1) is 13.8. The second-order valence-electron chi connectivity index (χ2n) is 6.66. The number of methoxy groups -OCH3 is 1. The van der Waals surface area contributed by atoms with E-state index in [9.17, 15) is 13.2 Å². The first-order valence-electron chi connectivity index (χ1n) is 8.94. The van der Waals surface area contributed by atoms with Crippen molar-refractivity contribution in [3.8, 4) is 5.75 Å². The highest BCUT2D eigenvalue weighted by Crippen LogP contribution is 2.29. The number of rotatable bonds is 6. The van der Waals surface area contributed by atoms with Crippen LogP contribution in [0.1, 0.15) is 21.5 Å². The predicted molar refractivity (Wildman–Crippen MR) is 114 cm³/mol. The Labute approximate surface area is 170 Å². The summed E-state index contributed by atoms with van der Waals surface area (Å²) in [6, 6.07) is 18.4. The fraction of sp³-hybridized carbons (Fsp3) is 0.136. The van der Waals surface area contributed by atoms with Crippen LogP contribution in [0.5, 0.6) is 5.75 Å². The van der Waals surface area contributed by atoms with Crippen LogP contribution in [0.4, 0.5) is 11.4 Å². The van der Waals surface area contributed by atoms with Crippen molar-refractivity contribution in [3.05, 3.63) is 83.4 Å². The average Bonchev–Trinajstić information content (AvgIpc) is 2.67. The maximum atomic E-state index is 12.9. The molecule has 0 unspecified atom stereocenters. The molecule has 0 spiro atoms. The summed E-state index contributed by atoms with van der Waals surface area (Å²) in [6.45, 7) is 3.80. The third-order valence-corrected chi connectivity index (χ3v) is 5.62. The van der Waals surface area contributed by atoms with Gasteiger partial charge in [-0.15, -0.1) is 0 Å². The van der Waals surface area contributed by atoms with E-state index in [1.54, 1.807) is 36.4 Å². The Balaban J connectivity index is 1.91. The Morgan fingerprint density at radius 1 is 0.897 bits per heavy atom. The lowest BCUT2D eigenvalue weighted by Gasteiger charge is -2.14. The van der Waals surface area contributed by atoms with Crippen molar-refractivity contribution in [1.29, 1.82) is 0 Å². The largest absolute Gasteiger partial charge is 0.495 e. The van der Waals surface area contributed by atoms with E-state index in [1.807, 2.05) is 26.0 Å². The SMILES string of the molecule is COc1ccc(S(=O)(=O)Nc2cc(C)cc(C)c2)cc1NC(=O)c1ccccc1. The van der Waals surface area contributed by atoms with Gasteiger partial charge in [-0.3, -0.25) is 9.52 Å². The summed E-state index contributed by atoms with van der Waals surface area (Å²) in [5.74, 6) is 0.000322. The third kappa shape index (κ3) is 4.94. The molecule has 0 aliphatic carbocycles. The van der Waals surface area contributed by atoms with Gasteiger partial charge in [-0.1, -0.05) is 24.3 Å². The van der Waals surface area contributed by atoms with E-state index in [0.717, 1.165) is 11.1 Å². The molecule has 0 bridgehead atoms. The predicted octanol–water partition coefficient (Wildman–Crippen LogP) is 4.37. The number of benzene rings is 3. The van der Waals surface area contributed by atoms with Crippen LogP contribution >= 0.6 is 0 Å². The van der Waals surface area contributed by atoms with Crippen molar-refractivity contribution >= 4 is 27.3 Å². The van der Waals surface area contributed by atoms with Crippen LogP contribution in [0, 0.1) is 13.8 Å². The van der Waals surface area contributed by atoms with E-state index in [-0.39, 0.29) is 16.5 Å². The number of hydrogen-bond acceptors (Lipinski definition) is 4. The summed E-state index contributed by atoms with van der Waals surface area (Å²) in [7, 11) is -2.40. The lowest BCUT2D eigenvalue weighted by atomic mass is 10.1. The van der Waals surface area contributed by atoms with Gasteiger partial charge in [0.1, 0.15) is 5.75 Å². The van der Waals surface area contributed by atoms with Gasteiger partial charge in [0.25, 0.3) is 15.9 Å². The average molecular weight is 410 g/mol. The van der Waals surface area contributed by atoms with E-state index in [2.05, 4.69) is 10.0 Å². The van der Waals surface area contributed by atoms with Crippen LogP contribution in [-0.2, 0) is 10.0 Å². The molecule has 2 N–H and O–H groups in total. The van der Waals surface area contributed by atoms with E-state index < -0.39 is 10.0 Å². The van der Waals surface area contributed by atoms with Gasteiger partial charge in [0.2, 0.25) is 0 Å². The Morgan fingerprint density at radius 3 is 2.17 bits per heavy atom. The molecule has 0 radical (unpaired) electrons. The standard InChI is InChI=1S/C22H22N2O4S/c1-15-11-16(2)13-18(12-15)24-29(26,27)19-9-10-21(28-3)20(14-19)23-22(25)17-7-5-4-6-8-17/h4-14,24H,1-3H3,(H,23,25). The fourth-order valence-corrected chi connectivity index (χ4v) is 4.05. The van der Waals surface area contributed by atoms with E-state index in [0.29, 0.717) is 17.0 Å². The molecule has 3 aromatic rings. The van der Waals surface area contributed by atoms with Gasteiger partial charge >= 0.3 is 0 Å². The van der Waals surface area contributed by atoms with Gasteiger partial charge in [-0.05, 0) is 67.4 Å². The molecule has 0 aliphatic rings. The summed E-state index contributed by atoms with van der Waals surface area (Å²) < 4.78 is 33.6. The maximum absolute atomic E-state index is 12.9. The molecule has 0 atom stereocenters. The Hall–Kier alpha value is -3.32. The molecule has 0 aromatic heterocycles. The molecule has 3 aromatic carbocycles. The minimum Gasteiger partial charge on any atom is -0.495 e. The molecule has 0 fully saturated rings. The lowest BCUT2D eigenvalue weighted by Crippen LogP contribution is -2.16. The smallest absolute Gasteiger partial charge is 0.261 e. The molecule has 1 amide bonds. The molecule has 7 heteroatoms. The van der Waals surface area contributed by atoms with Crippen molar-refractivity contribution in [1.82, 2.24) is 0 Å². The van der Waals surface area contributed by atoms with Crippen LogP contribution in [-0.4, -0.2) is 21.4 Å². The second-order valence-corrected chi connectivity index (χ2v) is 8.35. The number of sulfonamides is 1. The summed E-state index contributed by atoms with van der Waals surface area (Å²) >= 11 is 0.